The maximum Gasteiger partial charge on any atom is 0.269 e. The van der Waals surface area contributed by atoms with Crippen LogP contribution in [0.25, 0.3) is 0 Å². The lowest BCUT2D eigenvalue weighted by atomic mass is 10.2. The molecule has 8 heteroatoms. The van der Waals surface area contributed by atoms with Crippen molar-refractivity contribution in [3.05, 3.63) is 75.1 Å². The summed E-state index contributed by atoms with van der Waals surface area (Å²) in [5, 5.41) is 6.98. The molecule has 0 unspecified atom stereocenters. The van der Waals surface area contributed by atoms with Gasteiger partial charge in [0.25, 0.3) is 5.91 Å². The third-order valence-corrected chi connectivity index (χ3v) is 7.38. The number of amides is 1. The van der Waals surface area contributed by atoms with E-state index in [2.05, 4.69) is 15.6 Å². The molecular weight excluding hydrogens is 426 g/mol. The first-order valence-corrected chi connectivity index (χ1v) is 11.7. The van der Waals surface area contributed by atoms with Gasteiger partial charge in [-0.05, 0) is 54.8 Å². The van der Waals surface area contributed by atoms with Crippen LogP contribution in [0.5, 0.6) is 0 Å². The molecule has 4 rings (SSSR count). The Kier molecular flexibility index (Phi) is 6.29. The number of anilines is 2. The van der Waals surface area contributed by atoms with Gasteiger partial charge >= 0.3 is 0 Å². The number of nitrogens with zero attached hydrogens (tertiary/aromatic N) is 3. The number of benzene rings is 2. The van der Waals surface area contributed by atoms with E-state index in [0.29, 0.717) is 22.3 Å². The fraction of sp³-hybridized carbons (Fsp3) is 0.217. The van der Waals surface area contributed by atoms with Crippen molar-refractivity contribution in [1.82, 2.24) is 9.80 Å². The summed E-state index contributed by atoms with van der Waals surface area (Å²) in [5.74, 6) is -0.0287. The van der Waals surface area contributed by atoms with E-state index in [1.165, 1.54) is 11.8 Å². The lowest BCUT2D eigenvalue weighted by Gasteiger charge is -2.17. The molecule has 0 bridgehead atoms. The van der Waals surface area contributed by atoms with Crippen LogP contribution in [0.1, 0.15) is 19.4 Å². The number of hydrogen-bond donors (Lipinski definition) is 2. The molecule has 1 amide bonds. The first kappa shape index (κ1) is 21.4. The number of nitrogen functional groups attached to an aromatic ring is 1. The van der Waals surface area contributed by atoms with Gasteiger partial charge in [-0.1, -0.05) is 42.1 Å². The van der Waals surface area contributed by atoms with Gasteiger partial charge in [-0.2, -0.15) is 0 Å². The molecule has 3 N–H and O–H groups in total. The summed E-state index contributed by atoms with van der Waals surface area (Å²) in [5.41, 5.74) is 10.5. The zero-order valence-electron chi connectivity index (χ0n) is 17.8. The number of amidine groups is 1. The Balaban J connectivity index is 1.77. The van der Waals surface area contributed by atoms with Crippen molar-refractivity contribution in [3.63, 3.8) is 0 Å². The number of hydrogen-bond acceptors (Lipinski definition) is 7. The number of carbonyl (C=O) groups is 1. The third kappa shape index (κ3) is 4.45. The van der Waals surface area contributed by atoms with Gasteiger partial charge in [0.2, 0.25) is 0 Å². The molecular formula is C23H25N5OS2. The molecule has 0 saturated carbocycles. The Hall–Kier alpha value is -2.84. The molecule has 0 atom stereocenters. The molecule has 0 radical (unpaired) electrons. The van der Waals surface area contributed by atoms with Crippen LogP contribution in [0.3, 0.4) is 0 Å². The average molecular weight is 452 g/mol. The van der Waals surface area contributed by atoms with Gasteiger partial charge in [0, 0.05) is 25.0 Å². The van der Waals surface area contributed by atoms with Crippen molar-refractivity contribution in [2.75, 3.05) is 24.6 Å². The summed E-state index contributed by atoms with van der Waals surface area (Å²) in [7, 11) is 1.99. The first-order chi connectivity index (χ1) is 15.0. The minimum absolute atomic E-state index is 0.0287. The van der Waals surface area contributed by atoms with Crippen LogP contribution in [0.4, 0.5) is 17.1 Å². The second kappa shape index (κ2) is 9.11. The third-order valence-electron chi connectivity index (χ3n) is 5.02. The fourth-order valence-corrected chi connectivity index (χ4v) is 5.48. The van der Waals surface area contributed by atoms with E-state index < -0.39 is 0 Å². The van der Waals surface area contributed by atoms with E-state index in [1.54, 1.807) is 16.7 Å². The molecule has 160 valence electrons. The Morgan fingerprint density at radius 3 is 2.61 bits per heavy atom. The Morgan fingerprint density at radius 1 is 1.16 bits per heavy atom. The van der Waals surface area contributed by atoms with Crippen LogP contribution >= 0.6 is 23.5 Å². The molecule has 0 spiro atoms. The average Bonchev–Trinajstić information content (AvgIpc) is 3.24. The predicted octanol–water partition coefficient (Wildman–Crippen LogP) is 5.17. The van der Waals surface area contributed by atoms with Crippen LogP contribution in [-0.4, -0.2) is 34.5 Å². The van der Waals surface area contributed by atoms with Crippen LogP contribution in [0, 0.1) is 0 Å². The highest BCUT2D eigenvalue weighted by Gasteiger charge is 2.38. The highest BCUT2D eigenvalue weighted by molar-refractivity contribution is 8.19. The molecule has 2 aromatic carbocycles. The van der Waals surface area contributed by atoms with Crippen molar-refractivity contribution < 1.29 is 4.79 Å². The summed E-state index contributed by atoms with van der Waals surface area (Å²) >= 11 is 3.00. The number of carbonyl (C=O) groups excluding carboxylic acids is 1. The van der Waals surface area contributed by atoms with Gasteiger partial charge in [-0.15, -0.1) is 0 Å². The van der Waals surface area contributed by atoms with Crippen LogP contribution in [0.15, 0.2) is 74.6 Å². The molecule has 2 aromatic rings. The lowest BCUT2D eigenvalue weighted by molar-refractivity contribution is -0.122. The van der Waals surface area contributed by atoms with Crippen LogP contribution in [0.2, 0.25) is 0 Å². The Morgan fingerprint density at radius 2 is 1.94 bits per heavy atom. The van der Waals surface area contributed by atoms with E-state index in [4.69, 9.17) is 10.7 Å². The zero-order valence-corrected chi connectivity index (χ0v) is 19.4. The molecule has 0 aromatic heterocycles. The van der Waals surface area contributed by atoms with Gasteiger partial charge in [-0.3, -0.25) is 9.69 Å². The van der Waals surface area contributed by atoms with Crippen LogP contribution in [-0.2, 0) is 11.3 Å². The monoisotopic (exact) mass is 451 g/mol. The SMILES string of the molecule is CCNc1ccc(N)cc1/N=C1\S/C(=C2\SC=C(C)N2C)C(=O)N1Cc1ccccc1. The zero-order chi connectivity index (χ0) is 22.0. The molecule has 2 aliphatic heterocycles. The minimum Gasteiger partial charge on any atom is -0.399 e. The van der Waals surface area contributed by atoms with E-state index >= 15 is 0 Å². The summed E-state index contributed by atoms with van der Waals surface area (Å²) in [6, 6.07) is 15.6. The highest BCUT2D eigenvalue weighted by Crippen LogP contribution is 2.44. The summed E-state index contributed by atoms with van der Waals surface area (Å²) in [6.45, 7) is 5.30. The quantitative estimate of drug-likeness (QED) is 0.482. The standard InChI is InChI=1S/C23H25N5OS2/c1-4-25-18-11-10-17(24)12-19(18)26-23-28(13-16-8-6-5-7-9-16)21(29)20(31-23)22-27(3)15(2)14-30-22/h5-12,14,25H,4,13,24H2,1-3H3/b22-20-,26-23-. The number of thioether (sulfide) groups is 2. The van der Waals surface area contributed by atoms with Crippen molar-refractivity contribution in [3.8, 4) is 0 Å². The lowest BCUT2D eigenvalue weighted by Crippen LogP contribution is -2.29. The number of rotatable bonds is 5. The predicted molar refractivity (Wildman–Crippen MR) is 133 cm³/mol. The topological polar surface area (TPSA) is 74.0 Å². The maximum atomic E-state index is 13.5. The summed E-state index contributed by atoms with van der Waals surface area (Å²) < 4.78 is 0. The molecule has 0 aliphatic carbocycles. The normalized spacial score (nSPS) is 20.0. The smallest absolute Gasteiger partial charge is 0.269 e. The first-order valence-electron chi connectivity index (χ1n) is 10.0. The van der Waals surface area contributed by atoms with Crippen molar-refractivity contribution in [1.29, 1.82) is 0 Å². The fourth-order valence-electron chi connectivity index (χ4n) is 3.27. The van der Waals surface area contributed by atoms with Crippen molar-refractivity contribution in [2.45, 2.75) is 20.4 Å². The van der Waals surface area contributed by atoms with Gasteiger partial charge < -0.3 is 16.0 Å². The molecule has 2 aliphatic rings. The number of nitrogens with two attached hydrogens (primary N) is 1. The molecule has 6 nitrogen and oxygen atoms in total. The maximum absolute atomic E-state index is 13.5. The van der Waals surface area contributed by atoms with Crippen molar-refractivity contribution in [2.24, 2.45) is 4.99 Å². The number of nitrogens with one attached hydrogen (secondary N) is 1. The second-order valence-electron chi connectivity index (χ2n) is 7.25. The van der Waals surface area contributed by atoms with E-state index in [1.807, 2.05) is 69.4 Å². The minimum atomic E-state index is -0.0287. The number of aliphatic imine (C=N–C) groups is 1. The largest absolute Gasteiger partial charge is 0.399 e. The highest BCUT2D eigenvalue weighted by atomic mass is 32.2. The molecule has 2 heterocycles. The number of allylic oxidation sites excluding steroid dienone is 1. The molecule has 1 saturated heterocycles. The Bertz CT molecular complexity index is 1090. The second-order valence-corrected chi connectivity index (χ2v) is 9.09. The molecule has 1 fully saturated rings. The summed E-state index contributed by atoms with van der Waals surface area (Å²) in [6.07, 6.45) is 0. The van der Waals surface area contributed by atoms with Gasteiger partial charge in [-0.25, -0.2) is 4.99 Å². The van der Waals surface area contributed by atoms with E-state index in [0.717, 1.165) is 34.2 Å². The van der Waals surface area contributed by atoms with Crippen molar-refractivity contribution >= 4 is 51.7 Å². The Labute approximate surface area is 191 Å². The van der Waals surface area contributed by atoms with E-state index in [9.17, 15) is 4.79 Å². The van der Waals surface area contributed by atoms with Gasteiger partial charge in [0.1, 0.15) is 4.91 Å². The summed E-state index contributed by atoms with van der Waals surface area (Å²) in [4.78, 5) is 22.9. The van der Waals surface area contributed by atoms with Gasteiger partial charge in [0.15, 0.2) is 5.17 Å². The van der Waals surface area contributed by atoms with Crippen LogP contribution < -0.4 is 11.1 Å². The van der Waals surface area contributed by atoms with E-state index in [-0.39, 0.29) is 5.91 Å². The van der Waals surface area contributed by atoms with Gasteiger partial charge in [0.05, 0.1) is 22.9 Å². The molecule has 31 heavy (non-hydrogen) atoms.